The lowest BCUT2D eigenvalue weighted by atomic mass is 10.2. The molecule has 0 heterocycles. The van der Waals surface area contributed by atoms with E-state index >= 15 is 0 Å². The molecule has 5 heteroatoms. The Bertz CT molecular complexity index is 164. The Kier molecular flexibility index (Phi) is 9.46. The normalized spacial score (nSPS) is 12.5. The summed E-state index contributed by atoms with van der Waals surface area (Å²) >= 11 is 0. The summed E-state index contributed by atoms with van der Waals surface area (Å²) in [6, 6.07) is -0.285. The van der Waals surface area contributed by atoms with Gasteiger partial charge in [-0.3, -0.25) is 4.79 Å². The van der Waals surface area contributed by atoms with Crippen LogP contribution in [0, 0.1) is 0 Å². The van der Waals surface area contributed by atoms with Crippen molar-refractivity contribution in [2.75, 3.05) is 40.6 Å². The lowest BCUT2D eigenvalue weighted by Gasteiger charge is -2.14. The topological polar surface area (TPSA) is 56.8 Å². The highest BCUT2D eigenvalue weighted by Crippen LogP contribution is 1.96. The van der Waals surface area contributed by atoms with Crippen LogP contribution in [-0.4, -0.2) is 52.6 Å². The molecule has 0 saturated carbocycles. The van der Waals surface area contributed by atoms with Crippen LogP contribution in [0.1, 0.15) is 13.3 Å². The van der Waals surface area contributed by atoms with E-state index < -0.39 is 0 Å². The van der Waals surface area contributed by atoms with Crippen molar-refractivity contribution in [2.45, 2.75) is 19.4 Å². The van der Waals surface area contributed by atoms with Crippen LogP contribution in [0.5, 0.6) is 0 Å². The minimum absolute atomic E-state index is 0.227. The van der Waals surface area contributed by atoms with E-state index in [0.29, 0.717) is 32.8 Å². The Balaban J connectivity index is 3.56. The van der Waals surface area contributed by atoms with Gasteiger partial charge >= 0.3 is 5.97 Å². The molecule has 0 amide bonds. The number of hydrogen-bond acceptors (Lipinski definition) is 5. The molecule has 0 aliphatic rings. The minimum Gasteiger partial charge on any atom is -0.465 e. The number of ether oxygens (including phenoxy) is 3. The molecule has 0 aromatic carbocycles. The summed E-state index contributed by atoms with van der Waals surface area (Å²) in [6.07, 6.45) is 0.610. The molecule has 0 bridgehead atoms. The van der Waals surface area contributed by atoms with Crippen LogP contribution in [0.15, 0.2) is 0 Å². The van der Waals surface area contributed by atoms with E-state index in [9.17, 15) is 4.79 Å². The maximum Gasteiger partial charge on any atom is 0.323 e. The second-order valence-corrected chi connectivity index (χ2v) is 2.99. The zero-order valence-electron chi connectivity index (χ0n) is 9.75. The monoisotopic (exact) mass is 219 g/mol. The lowest BCUT2D eigenvalue weighted by Crippen LogP contribution is -2.36. The van der Waals surface area contributed by atoms with Gasteiger partial charge < -0.3 is 19.5 Å². The number of likely N-dealkylation sites (N-methyl/N-ethyl adjacent to an activating group) is 1. The number of esters is 1. The highest BCUT2D eigenvalue weighted by Gasteiger charge is 2.16. The zero-order chi connectivity index (χ0) is 11.5. The average Bonchev–Trinajstić information content (AvgIpc) is 2.23. The number of methoxy groups -OCH3 is 1. The van der Waals surface area contributed by atoms with Crippen molar-refractivity contribution in [3.63, 3.8) is 0 Å². The SMILES string of the molecule is CCOC(=O)C(CCOCCOC)NC. The van der Waals surface area contributed by atoms with Gasteiger partial charge in [-0.25, -0.2) is 0 Å². The predicted molar refractivity (Wildman–Crippen MR) is 56.8 cm³/mol. The summed E-state index contributed by atoms with van der Waals surface area (Å²) in [7, 11) is 3.36. The van der Waals surface area contributed by atoms with Gasteiger partial charge in [0.15, 0.2) is 0 Å². The summed E-state index contributed by atoms with van der Waals surface area (Å²) in [4.78, 5) is 11.3. The molecule has 1 atom stereocenters. The van der Waals surface area contributed by atoms with E-state index in [1.54, 1.807) is 21.1 Å². The number of carbonyl (C=O) groups is 1. The predicted octanol–water partition coefficient (Wildman–Crippen LogP) is 0.191. The van der Waals surface area contributed by atoms with Crippen molar-refractivity contribution < 1.29 is 19.0 Å². The number of nitrogens with one attached hydrogen (secondary N) is 1. The third-order valence-corrected chi connectivity index (χ3v) is 1.90. The molecule has 15 heavy (non-hydrogen) atoms. The van der Waals surface area contributed by atoms with Crippen LogP contribution in [0.3, 0.4) is 0 Å². The molecule has 0 rings (SSSR count). The Labute approximate surface area is 91.1 Å². The Morgan fingerprint density at radius 2 is 2.07 bits per heavy atom. The first kappa shape index (κ1) is 14.3. The molecular weight excluding hydrogens is 198 g/mol. The fraction of sp³-hybridized carbons (Fsp3) is 0.900. The van der Waals surface area contributed by atoms with Gasteiger partial charge in [-0.05, 0) is 20.4 Å². The van der Waals surface area contributed by atoms with Crippen LogP contribution in [0.25, 0.3) is 0 Å². The molecule has 0 spiro atoms. The maximum atomic E-state index is 11.3. The van der Waals surface area contributed by atoms with E-state index in [2.05, 4.69) is 5.32 Å². The second kappa shape index (κ2) is 9.89. The number of rotatable bonds is 9. The first-order valence-corrected chi connectivity index (χ1v) is 5.16. The molecule has 90 valence electrons. The fourth-order valence-corrected chi connectivity index (χ4v) is 1.07. The summed E-state index contributed by atoms with van der Waals surface area (Å²) in [6.45, 7) is 3.84. The Morgan fingerprint density at radius 1 is 1.33 bits per heavy atom. The molecule has 0 fully saturated rings. The van der Waals surface area contributed by atoms with Crippen molar-refractivity contribution in [2.24, 2.45) is 0 Å². The van der Waals surface area contributed by atoms with Gasteiger partial charge in [0.05, 0.1) is 19.8 Å². The average molecular weight is 219 g/mol. The van der Waals surface area contributed by atoms with E-state index in [-0.39, 0.29) is 12.0 Å². The Hall–Kier alpha value is -0.650. The zero-order valence-corrected chi connectivity index (χ0v) is 9.75. The van der Waals surface area contributed by atoms with E-state index in [0.717, 1.165) is 0 Å². The first-order valence-electron chi connectivity index (χ1n) is 5.16. The summed E-state index contributed by atoms with van der Waals surface area (Å²) in [5.74, 6) is -0.227. The van der Waals surface area contributed by atoms with Gasteiger partial charge in [0.2, 0.25) is 0 Å². The fourth-order valence-electron chi connectivity index (χ4n) is 1.07. The number of hydrogen-bond donors (Lipinski definition) is 1. The van der Waals surface area contributed by atoms with Gasteiger partial charge in [0, 0.05) is 13.7 Å². The molecule has 0 saturated heterocycles. The standard InChI is InChI=1S/C10H21NO4/c1-4-15-10(12)9(11-2)5-6-14-8-7-13-3/h9,11H,4-8H2,1-3H3. The second-order valence-electron chi connectivity index (χ2n) is 2.99. The number of carbonyl (C=O) groups excluding carboxylic acids is 1. The van der Waals surface area contributed by atoms with Crippen LogP contribution >= 0.6 is 0 Å². The van der Waals surface area contributed by atoms with Gasteiger partial charge in [-0.15, -0.1) is 0 Å². The van der Waals surface area contributed by atoms with Gasteiger partial charge in [-0.1, -0.05) is 0 Å². The molecule has 0 aromatic rings. The molecule has 0 aromatic heterocycles. The van der Waals surface area contributed by atoms with E-state index in [4.69, 9.17) is 14.2 Å². The molecule has 0 radical (unpaired) electrons. The van der Waals surface area contributed by atoms with E-state index in [1.807, 2.05) is 0 Å². The van der Waals surface area contributed by atoms with Crippen LogP contribution < -0.4 is 5.32 Å². The quantitative estimate of drug-likeness (QED) is 0.443. The van der Waals surface area contributed by atoms with Crippen molar-refractivity contribution in [3.05, 3.63) is 0 Å². The molecular formula is C10H21NO4. The Morgan fingerprint density at radius 3 is 2.60 bits per heavy atom. The lowest BCUT2D eigenvalue weighted by molar-refractivity contribution is -0.146. The van der Waals surface area contributed by atoms with Crippen LogP contribution in [0.2, 0.25) is 0 Å². The molecule has 1 N–H and O–H groups in total. The maximum absolute atomic E-state index is 11.3. The van der Waals surface area contributed by atoms with Crippen molar-refractivity contribution >= 4 is 5.97 Å². The molecule has 0 aliphatic carbocycles. The first-order chi connectivity index (χ1) is 7.26. The van der Waals surface area contributed by atoms with Crippen molar-refractivity contribution in [3.8, 4) is 0 Å². The molecule has 0 aliphatic heterocycles. The van der Waals surface area contributed by atoms with E-state index in [1.165, 1.54) is 0 Å². The van der Waals surface area contributed by atoms with Gasteiger partial charge in [0.1, 0.15) is 6.04 Å². The highest BCUT2D eigenvalue weighted by atomic mass is 16.5. The minimum atomic E-state index is -0.285. The largest absolute Gasteiger partial charge is 0.465 e. The highest BCUT2D eigenvalue weighted by molar-refractivity contribution is 5.75. The van der Waals surface area contributed by atoms with Crippen molar-refractivity contribution in [1.29, 1.82) is 0 Å². The summed E-state index contributed by atoms with van der Waals surface area (Å²) < 4.78 is 15.0. The third-order valence-electron chi connectivity index (χ3n) is 1.90. The third kappa shape index (κ3) is 7.30. The van der Waals surface area contributed by atoms with Crippen LogP contribution in [-0.2, 0) is 19.0 Å². The summed E-state index contributed by atoms with van der Waals surface area (Å²) in [5, 5.41) is 2.89. The van der Waals surface area contributed by atoms with Gasteiger partial charge in [-0.2, -0.15) is 0 Å². The van der Waals surface area contributed by atoms with Crippen LogP contribution in [0.4, 0.5) is 0 Å². The smallest absolute Gasteiger partial charge is 0.323 e. The molecule has 5 nitrogen and oxygen atoms in total. The van der Waals surface area contributed by atoms with Gasteiger partial charge in [0.25, 0.3) is 0 Å². The summed E-state index contributed by atoms with van der Waals surface area (Å²) in [5.41, 5.74) is 0. The molecule has 1 unspecified atom stereocenters. The van der Waals surface area contributed by atoms with Crippen molar-refractivity contribution in [1.82, 2.24) is 5.32 Å².